The minimum absolute atomic E-state index is 0.0675. The second-order valence-corrected chi connectivity index (χ2v) is 13.2. The fourth-order valence-electron chi connectivity index (χ4n) is 4.49. The van der Waals surface area contributed by atoms with Gasteiger partial charge in [0.25, 0.3) is 0 Å². The van der Waals surface area contributed by atoms with Crippen LogP contribution < -0.4 is 20.9 Å². The minimum atomic E-state index is -2.59. The number of anilines is 2. The Morgan fingerprint density at radius 3 is 2.47 bits per heavy atom. The van der Waals surface area contributed by atoms with Crippen LogP contribution in [0.3, 0.4) is 0 Å². The van der Waals surface area contributed by atoms with E-state index in [2.05, 4.69) is 5.10 Å². The predicted molar refractivity (Wildman–Crippen MR) is 139 cm³/mol. The normalized spacial score (nSPS) is 19.0. The van der Waals surface area contributed by atoms with Crippen molar-refractivity contribution in [3.63, 3.8) is 0 Å². The Bertz CT molecular complexity index is 1350. The maximum atomic E-state index is 13.9. The Morgan fingerprint density at radius 1 is 1.11 bits per heavy atom. The Balaban J connectivity index is 1.38. The van der Waals surface area contributed by atoms with Gasteiger partial charge in [-0.1, -0.05) is 34.2 Å². The van der Waals surface area contributed by atoms with Gasteiger partial charge in [0.1, 0.15) is 11.5 Å². The fraction of sp³-hybridized carbons (Fsp3) is 0.385. The van der Waals surface area contributed by atoms with Gasteiger partial charge in [0.15, 0.2) is 0 Å². The summed E-state index contributed by atoms with van der Waals surface area (Å²) in [5.41, 5.74) is 6.48. The highest BCUT2D eigenvalue weighted by Crippen LogP contribution is 2.46. The lowest BCUT2D eigenvalue weighted by molar-refractivity contribution is 0.197. The molecule has 1 saturated heterocycles. The number of thiol groups is 1. The topological polar surface area (TPSA) is 90.5 Å². The summed E-state index contributed by atoms with van der Waals surface area (Å²) >= 11 is 0. The van der Waals surface area contributed by atoms with Crippen molar-refractivity contribution in [2.24, 2.45) is 5.41 Å². The largest absolute Gasteiger partial charge is 0.486 e. The van der Waals surface area contributed by atoms with Gasteiger partial charge in [0.2, 0.25) is 5.75 Å². The second-order valence-electron chi connectivity index (χ2n) is 9.84. The molecule has 36 heavy (non-hydrogen) atoms. The van der Waals surface area contributed by atoms with Crippen molar-refractivity contribution in [1.82, 2.24) is 9.78 Å². The van der Waals surface area contributed by atoms with Gasteiger partial charge in [0.05, 0.1) is 30.9 Å². The van der Waals surface area contributed by atoms with E-state index in [1.54, 1.807) is 24.4 Å². The molecule has 0 spiro atoms. The number of benzene rings is 2. The number of nitrogens with two attached hydrogens (primary N) is 1. The molecule has 1 aromatic heterocycles. The lowest BCUT2D eigenvalue weighted by Crippen LogP contribution is -2.45. The molecule has 5 rings (SSSR count). The first-order valence-corrected chi connectivity index (χ1v) is 14.3. The van der Waals surface area contributed by atoms with Crippen LogP contribution in [0.4, 0.5) is 20.2 Å². The SMILES string of the molecule is Nc1ccc(C[SH]2(=O)CCN(c3cnn(-c4ccccc4)c(=O)c3OCC3(CF)CC3)CC2)cc1F. The average molecular weight is 517 g/mol. The number of rotatable bonds is 8. The molecule has 192 valence electrons. The van der Waals surface area contributed by atoms with E-state index < -0.39 is 33.4 Å². The monoisotopic (exact) mass is 516 g/mol. The van der Waals surface area contributed by atoms with Crippen molar-refractivity contribution in [1.29, 1.82) is 0 Å². The van der Waals surface area contributed by atoms with E-state index in [4.69, 9.17) is 10.5 Å². The third kappa shape index (κ3) is 5.00. The third-order valence-corrected chi connectivity index (χ3v) is 10.1. The number of ether oxygens (including phenoxy) is 1. The number of aromatic nitrogens is 2. The molecule has 2 aromatic carbocycles. The Hall–Kier alpha value is -3.27. The summed E-state index contributed by atoms with van der Waals surface area (Å²) in [7, 11) is -2.59. The van der Waals surface area contributed by atoms with E-state index in [9.17, 15) is 17.8 Å². The molecule has 0 radical (unpaired) electrons. The van der Waals surface area contributed by atoms with Crippen LogP contribution in [0.5, 0.6) is 5.75 Å². The van der Waals surface area contributed by atoms with E-state index in [-0.39, 0.29) is 18.0 Å². The van der Waals surface area contributed by atoms with E-state index in [1.807, 2.05) is 23.1 Å². The van der Waals surface area contributed by atoms with Gasteiger partial charge in [-0.2, -0.15) is 9.78 Å². The van der Waals surface area contributed by atoms with Crippen molar-refractivity contribution in [2.45, 2.75) is 18.6 Å². The van der Waals surface area contributed by atoms with Crippen LogP contribution in [0, 0.1) is 11.2 Å². The number of para-hydroxylation sites is 1. The van der Waals surface area contributed by atoms with Crippen LogP contribution in [-0.4, -0.2) is 51.9 Å². The van der Waals surface area contributed by atoms with Crippen molar-refractivity contribution in [3.05, 3.63) is 76.5 Å². The first kappa shape index (κ1) is 24.4. The molecule has 0 atom stereocenters. The number of hydrogen-bond donors (Lipinski definition) is 2. The minimum Gasteiger partial charge on any atom is -0.486 e. The Labute approximate surface area is 209 Å². The zero-order chi connectivity index (χ0) is 25.3. The fourth-order valence-corrected chi connectivity index (χ4v) is 7.11. The Morgan fingerprint density at radius 2 is 1.83 bits per heavy atom. The molecule has 2 fully saturated rings. The van der Waals surface area contributed by atoms with Crippen molar-refractivity contribution in [2.75, 3.05) is 48.5 Å². The summed E-state index contributed by atoms with van der Waals surface area (Å²) in [4.78, 5) is 15.4. The maximum Gasteiger partial charge on any atom is 0.316 e. The Kier molecular flexibility index (Phi) is 6.55. The van der Waals surface area contributed by atoms with E-state index in [0.29, 0.717) is 47.3 Å². The van der Waals surface area contributed by atoms with Crippen LogP contribution in [0.1, 0.15) is 18.4 Å². The molecular formula is C26H30F2N4O3S. The third-order valence-electron chi connectivity index (χ3n) is 7.11. The quantitative estimate of drug-likeness (QED) is 0.353. The summed E-state index contributed by atoms with van der Waals surface area (Å²) in [6, 6.07) is 13.6. The highest BCUT2D eigenvalue weighted by Gasteiger charge is 2.44. The first-order valence-electron chi connectivity index (χ1n) is 12.0. The summed E-state index contributed by atoms with van der Waals surface area (Å²) < 4.78 is 48.2. The van der Waals surface area contributed by atoms with Crippen LogP contribution in [0.15, 0.2) is 59.5 Å². The van der Waals surface area contributed by atoms with E-state index in [1.165, 1.54) is 16.8 Å². The number of hydrogen-bond acceptors (Lipinski definition) is 6. The van der Waals surface area contributed by atoms with Gasteiger partial charge >= 0.3 is 5.56 Å². The van der Waals surface area contributed by atoms with E-state index in [0.717, 1.165) is 12.8 Å². The molecule has 1 aliphatic heterocycles. The highest BCUT2D eigenvalue weighted by molar-refractivity contribution is 8.02. The van der Waals surface area contributed by atoms with Gasteiger partial charge in [0, 0.05) is 35.8 Å². The molecule has 7 nitrogen and oxygen atoms in total. The van der Waals surface area contributed by atoms with Crippen LogP contribution in [0.2, 0.25) is 0 Å². The van der Waals surface area contributed by atoms with Crippen LogP contribution in [-0.2, 0) is 15.7 Å². The number of halogens is 2. The van der Waals surface area contributed by atoms with Gasteiger partial charge in [-0.3, -0.25) is 13.4 Å². The van der Waals surface area contributed by atoms with Gasteiger partial charge in [-0.25, -0.2) is 4.39 Å². The second kappa shape index (κ2) is 9.65. The summed E-state index contributed by atoms with van der Waals surface area (Å²) in [6.45, 7) is 0.518. The highest BCUT2D eigenvalue weighted by atomic mass is 32.2. The molecule has 2 heterocycles. The first-order chi connectivity index (χ1) is 17.3. The lowest BCUT2D eigenvalue weighted by Gasteiger charge is -2.37. The van der Waals surface area contributed by atoms with E-state index >= 15 is 0 Å². The van der Waals surface area contributed by atoms with Gasteiger partial charge < -0.3 is 15.4 Å². The number of alkyl halides is 1. The molecule has 2 aliphatic rings. The van der Waals surface area contributed by atoms with Crippen LogP contribution >= 0.6 is 0 Å². The zero-order valence-electron chi connectivity index (χ0n) is 19.9. The predicted octanol–water partition coefficient (Wildman–Crippen LogP) is 3.12. The zero-order valence-corrected chi connectivity index (χ0v) is 20.8. The lowest BCUT2D eigenvalue weighted by atomic mass is 10.1. The molecule has 2 N–H and O–H groups in total. The van der Waals surface area contributed by atoms with Crippen molar-refractivity contribution < 1.29 is 17.7 Å². The molecule has 10 heteroatoms. The van der Waals surface area contributed by atoms with Crippen LogP contribution in [0.25, 0.3) is 5.69 Å². The van der Waals surface area contributed by atoms with Crippen molar-refractivity contribution in [3.8, 4) is 11.4 Å². The molecule has 1 saturated carbocycles. The standard InChI is InChI=1S/C26H30F2N4O3S/c27-17-26(8-9-26)18-35-24-23(15-30-32(25(24)33)20-4-2-1-3-5-20)31-10-12-36(34,13-11-31)16-19-6-7-22(29)21(28)14-19/h1-7,14-15,36H,8-13,16-18,29H2. The summed E-state index contributed by atoms with van der Waals surface area (Å²) in [5.74, 6) is 0.745. The number of nitrogen functional groups attached to an aromatic ring is 1. The molecular weight excluding hydrogens is 486 g/mol. The average Bonchev–Trinajstić information content (AvgIpc) is 3.67. The van der Waals surface area contributed by atoms with Gasteiger partial charge in [-0.15, -0.1) is 0 Å². The molecule has 0 unspecified atom stereocenters. The molecule has 1 aliphatic carbocycles. The number of nitrogens with zero attached hydrogens (tertiary/aromatic N) is 3. The van der Waals surface area contributed by atoms with Gasteiger partial charge in [-0.05, 0) is 42.7 Å². The maximum absolute atomic E-state index is 13.9. The van der Waals surface area contributed by atoms with Crippen molar-refractivity contribution >= 4 is 21.3 Å². The molecule has 3 aromatic rings. The molecule has 0 amide bonds. The summed E-state index contributed by atoms with van der Waals surface area (Å²) in [5, 5.41) is 4.37. The smallest absolute Gasteiger partial charge is 0.316 e. The summed E-state index contributed by atoms with van der Waals surface area (Å²) in [6.07, 6.45) is 3.05. The molecule has 0 bridgehead atoms.